The van der Waals surface area contributed by atoms with Crippen LogP contribution in [0.5, 0.6) is 0 Å². The Kier molecular flexibility index (Phi) is 7.68. The number of carbonyl (C=O) groups excluding carboxylic acids is 5. The van der Waals surface area contributed by atoms with Crippen LogP contribution in [0.3, 0.4) is 0 Å². The summed E-state index contributed by atoms with van der Waals surface area (Å²) in [6.07, 6.45) is 0. The second-order valence-electron chi connectivity index (χ2n) is 7.18. The molecule has 0 saturated heterocycles. The van der Waals surface area contributed by atoms with E-state index in [9.17, 15) is 24.0 Å². The Morgan fingerprint density at radius 2 is 1.63 bits per heavy atom. The van der Waals surface area contributed by atoms with Crippen molar-refractivity contribution in [3.63, 3.8) is 0 Å². The van der Waals surface area contributed by atoms with Crippen molar-refractivity contribution in [2.24, 2.45) is 5.92 Å². The van der Waals surface area contributed by atoms with E-state index in [4.69, 9.17) is 4.74 Å². The zero-order valence-electron chi connectivity index (χ0n) is 17.6. The van der Waals surface area contributed by atoms with Crippen LogP contribution < -0.4 is 5.32 Å². The van der Waals surface area contributed by atoms with Crippen LogP contribution in [0.25, 0.3) is 0 Å². The number of likely N-dealkylation sites (N-methyl/N-ethyl adjacent to an activating group) is 2. The van der Waals surface area contributed by atoms with Gasteiger partial charge in [0.2, 0.25) is 5.91 Å². The number of nitrogens with zero attached hydrogens (tertiary/aromatic N) is 2. The first kappa shape index (κ1) is 23.1. The summed E-state index contributed by atoms with van der Waals surface area (Å²) in [5.41, 5.74) is 0.465. The Morgan fingerprint density at radius 3 is 2.10 bits per heavy atom. The molecule has 0 aliphatic carbocycles. The highest BCUT2D eigenvalue weighted by atomic mass is 16.5. The normalized spacial score (nSPS) is 13.8. The van der Waals surface area contributed by atoms with Crippen molar-refractivity contribution in [3.8, 4) is 0 Å². The number of fused-ring (bicyclic) bond motifs is 1. The van der Waals surface area contributed by atoms with Crippen LogP contribution in [0.2, 0.25) is 0 Å². The first-order valence-electron chi connectivity index (χ1n) is 9.90. The van der Waals surface area contributed by atoms with Crippen LogP contribution in [-0.4, -0.2) is 71.7 Å². The van der Waals surface area contributed by atoms with Crippen molar-refractivity contribution in [1.82, 2.24) is 15.1 Å². The molecule has 1 aromatic carbocycles. The number of hydrogen-bond acceptors (Lipinski definition) is 6. The molecule has 1 aliphatic heterocycles. The van der Waals surface area contributed by atoms with Gasteiger partial charge in [-0.3, -0.25) is 24.1 Å². The lowest BCUT2D eigenvalue weighted by molar-refractivity contribution is -0.156. The molecule has 9 nitrogen and oxygen atoms in total. The molecule has 0 saturated carbocycles. The monoisotopic (exact) mass is 417 g/mol. The van der Waals surface area contributed by atoms with Gasteiger partial charge in [0, 0.05) is 13.1 Å². The predicted molar refractivity (Wildman–Crippen MR) is 107 cm³/mol. The standard InChI is InChI=1S/C21H27N3O6/c1-5-22-16(25)11-23(6-2)17(26)12-30-21(29)18(13(3)4)24-19(27)14-9-7-8-10-15(14)20(24)28/h7-10,13,18H,5-6,11-12H2,1-4H3,(H,22,25)/t18-/m1/s1. The van der Waals surface area contributed by atoms with Gasteiger partial charge in [-0.05, 0) is 31.9 Å². The number of nitrogens with one attached hydrogen (secondary N) is 1. The van der Waals surface area contributed by atoms with Crippen LogP contribution in [0.15, 0.2) is 24.3 Å². The summed E-state index contributed by atoms with van der Waals surface area (Å²) in [5, 5.41) is 2.60. The van der Waals surface area contributed by atoms with Crippen LogP contribution >= 0.6 is 0 Å². The summed E-state index contributed by atoms with van der Waals surface area (Å²) in [5.74, 6) is -3.26. The molecular weight excluding hydrogens is 390 g/mol. The highest BCUT2D eigenvalue weighted by Gasteiger charge is 2.44. The van der Waals surface area contributed by atoms with E-state index in [1.54, 1.807) is 39.8 Å². The van der Waals surface area contributed by atoms with Crippen molar-refractivity contribution in [2.75, 3.05) is 26.2 Å². The molecule has 0 fully saturated rings. The fourth-order valence-corrected chi connectivity index (χ4v) is 3.25. The summed E-state index contributed by atoms with van der Waals surface area (Å²) in [6.45, 7) is 6.81. The molecule has 9 heteroatoms. The molecule has 0 bridgehead atoms. The number of ether oxygens (including phenoxy) is 1. The zero-order valence-corrected chi connectivity index (χ0v) is 17.6. The largest absolute Gasteiger partial charge is 0.454 e. The lowest BCUT2D eigenvalue weighted by Crippen LogP contribution is -2.49. The van der Waals surface area contributed by atoms with E-state index in [0.717, 1.165) is 4.90 Å². The number of hydrogen-bond donors (Lipinski definition) is 1. The van der Waals surface area contributed by atoms with Gasteiger partial charge >= 0.3 is 5.97 Å². The fourth-order valence-electron chi connectivity index (χ4n) is 3.25. The first-order chi connectivity index (χ1) is 14.2. The van der Waals surface area contributed by atoms with Crippen molar-refractivity contribution in [2.45, 2.75) is 33.7 Å². The average Bonchev–Trinajstić information content (AvgIpc) is 2.96. The van der Waals surface area contributed by atoms with Crippen molar-refractivity contribution < 1.29 is 28.7 Å². The van der Waals surface area contributed by atoms with Crippen LogP contribution in [0.4, 0.5) is 0 Å². The minimum atomic E-state index is -1.16. The van der Waals surface area contributed by atoms with Gasteiger partial charge in [0.15, 0.2) is 6.61 Å². The molecule has 162 valence electrons. The molecule has 1 aliphatic rings. The van der Waals surface area contributed by atoms with Gasteiger partial charge in [-0.15, -0.1) is 0 Å². The summed E-state index contributed by atoms with van der Waals surface area (Å²) in [4.78, 5) is 64.4. The summed E-state index contributed by atoms with van der Waals surface area (Å²) >= 11 is 0. The quantitative estimate of drug-likeness (QED) is 0.470. The number of benzene rings is 1. The number of imide groups is 1. The highest BCUT2D eigenvalue weighted by Crippen LogP contribution is 2.27. The van der Waals surface area contributed by atoms with Gasteiger partial charge in [-0.1, -0.05) is 26.0 Å². The van der Waals surface area contributed by atoms with E-state index >= 15 is 0 Å². The fraction of sp³-hybridized carbons (Fsp3) is 0.476. The smallest absolute Gasteiger partial charge is 0.330 e. The average molecular weight is 417 g/mol. The van der Waals surface area contributed by atoms with E-state index < -0.39 is 42.3 Å². The van der Waals surface area contributed by atoms with E-state index in [2.05, 4.69) is 5.32 Å². The summed E-state index contributed by atoms with van der Waals surface area (Å²) in [7, 11) is 0. The molecule has 1 atom stereocenters. The van der Waals surface area contributed by atoms with Crippen molar-refractivity contribution in [1.29, 1.82) is 0 Å². The van der Waals surface area contributed by atoms with Gasteiger partial charge in [0.25, 0.3) is 17.7 Å². The lowest BCUT2D eigenvalue weighted by atomic mass is 10.0. The Balaban J connectivity index is 2.08. The lowest BCUT2D eigenvalue weighted by Gasteiger charge is -2.28. The number of esters is 1. The van der Waals surface area contributed by atoms with Crippen molar-refractivity contribution >= 4 is 29.6 Å². The predicted octanol–water partition coefficient (Wildman–Crippen LogP) is 0.835. The van der Waals surface area contributed by atoms with E-state index in [1.165, 1.54) is 17.0 Å². The van der Waals surface area contributed by atoms with Gasteiger partial charge in [-0.25, -0.2) is 4.79 Å². The van der Waals surface area contributed by atoms with Gasteiger partial charge in [0.1, 0.15) is 6.04 Å². The number of rotatable bonds is 9. The van der Waals surface area contributed by atoms with Crippen molar-refractivity contribution in [3.05, 3.63) is 35.4 Å². The molecule has 0 radical (unpaired) electrons. The van der Waals surface area contributed by atoms with E-state index in [1.807, 2.05) is 0 Å². The van der Waals surface area contributed by atoms with E-state index in [-0.39, 0.29) is 30.1 Å². The molecule has 0 spiro atoms. The van der Waals surface area contributed by atoms with Crippen LogP contribution in [0, 0.1) is 5.92 Å². The molecule has 1 aromatic rings. The second-order valence-corrected chi connectivity index (χ2v) is 7.18. The maximum absolute atomic E-state index is 12.7. The topological polar surface area (TPSA) is 113 Å². The first-order valence-corrected chi connectivity index (χ1v) is 9.90. The third-order valence-corrected chi connectivity index (χ3v) is 4.76. The van der Waals surface area contributed by atoms with Crippen LogP contribution in [0.1, 0.15) is 48.4 Å². The molecule has 4 amide bonds. The number of amides is 4. The molecule has 1 N–H and O–H groups in total. The Hall–Kier alpha value is -3.23. The molecule has 2 rings (SSSR count). The minimum Gasteiger partial charge on any atom is -0.454 e. The molecule has 30 heavy (non-hydrogen) atoms. The summed E-state index contributed by atoms with van der Waals surface area (Å²) < 4.78 is 5.15. The second kappa shape index (κ2) is 10.00. The maximum atomic E-state index is 12.7. The zero-order chi connectivity index (χ0) is 22.4. The molecule has 0 unspecified atom stereocenters. The number of carbonyl (C=O) groups is 5. The molecule has 1 heterocycles. The summed E-state index contributed by atoms with van der Waals surface area (Å²) in [6, 6.07) is 5.18. The van der Waals surface area contributed by atoms with Gasteiger partial charge < -0.3 is 15.0 Å². The SMILES string of the molecule is CCNC(=O)CN(CC)C(=O)COC(=O)[C@@H](C(C)C)N1C(=O)c2ccccc2C1=O. The third-order valence-electron chi connectivity index (χ3n) is 4.76. The molecular formula is C21H27N3O6. The van der Waals surface area contributed by atoms with Gasteiger partial charge in [-0.2, -0.15) is 0 Å². The highest BCUT2D eigenvalue weighted by molar-refractivity contribution is 6.22. The van der Waals surface area contributed by atoms with E-state index in [0.29, 0.717) is 6.54 Å². The molecule has 0 aromatic heterocycles. The Morgan fingerprint density at radius 1 is 1.07 bits per heavy atom. The van der Waals surface area contributed by atoms with Gasteiger partial charge in [0.05, 0.1) is 17.7 Å². The minimum absolute atomic E-state index is 0.146. The third kappa shape index (κ3) is 4.84. The maximum Gasteiger partial charge on any atom is 0.330 e. The Bertz CT molecular complexity index is 816. The van der Waals surface area contributed by atoms with Crippen LogP contribution in [-0.2, 0) is 19.1 Å². The Labute approximate surface area is 175 Å².